The number of hydrogen-bond donors (Lipinski definition) is 3. The molecule has 0 radical (unpaired) electrons. The van der Waals surface area contributed by atoms with Gasteiger partial charge in [-0.2, -0.15) is 4.98 Å². The molecule has 1 aromatic carbocycles. The number of carboxylic acid groups (broad SMARTS) is 1. The summed E-state index contributed by atoms with van der Waals surface area (Å²) in [6, 6.07) is 11.3. The van der Waals surface area contributed by atoms with E-state index in [1.807, 2.05) is 37.3 Å². The second kappa shape index (κ2) is 7.92. The van der Waals surface area contributed by atoms with E-state index in [-0.39, 0.29) is 12.5 Å². The van der Waals surface area contributed by atoms with Crippen molar-refractivity contribution in [3.05, 3.63) is 58.8 Å². The molecule has 0 aliphatic rings. The van der Waals surface area contributed by atoms with Gasteiger partial charge < -0.3 is 15.7 Å². The normalized spacial score (nSPS) is 10.4. The first-order valence-corrected chi connectivity index (χ1v) is 8.59. The van der Waals surface area contributed by atoms with E-state index in [2.05, 4.69) is 41.5 Å². The maximum Gasteiger partial charge on any atom is 0.322 e. The Morgan fingerprint density at radius 2 is 1.92 bits per heavy atom. The molecule has 2 aromatic heterocycles. The fraction of sp³-hybridized carbons (Fsp3) is 0.111. The van der Waals surface area contributed by atoms with Gasteiger partial charge in [0.15, 0.2) is 0 Å². The van der Waals surface area contributed by atoms with Crippen molar-refractivity contribution in [2.75, 3.05) is 17.2 Å². The molecule has 0 saturated heterocycles. The van der Waals surface area contributed by atoms with Gasteiger partial charge in [0, 0.05) is 34.2 Å². The molecule has 0 atom stereocenters. The average molecular weight is 414 g/mol. The number of rotatable bonds is 6. The highest BCUT2D eigenvalue weighted by atomic mass is 79.9. The molecular weight excluding hydrogens is 398 g/mol. The standard InChI is InChI=1S/C18H16BrN5O2/c1-11-8-13(2-3-14(11)19)22-16-9-15(12-4-6-20-7-5-12)23-18(24-16)21-10-17(25)26/h2-9H,10H2,1H3,(H,25,26)(H2,21,22,23,24). The molecule has 0 saturated carbocycles. The zero-order chi connectivity index (χ0) is 18.5. The van der Waals surface area contributed by atoms with Gasteiger partial charge in [-0.15, -0.1) is 0 Å². The molecular formula is C18H16BrN5O2. The average Bonchev–Trinajstić information content (AvgIpc) is 2.64. The van der Waals surface area contributed by atoms with Crippen LogP contribution in [-0.2, 0) is 4.79 Å². The maximum atomic E-state index is 10.8. The van der Waals surface area contributed by atoms with Crippen LogP contribution in [0.5, 0.6) is 0 Å². The third-order valence-electron chi connectivity index (χ3n) is 3.53. The number of nitrogens with one attached hydrogen (secondary N) is 2. The molecule has 7 nitrogen and oxygen atoms in total. The number of anilines is 3. The summed E-state index contributed by atoms with van der Waals surface area (Å²) in [5.41, 5.74) is 3.47. The van der Waals surface area contributed by atoms with Crippen LogP contribution in [0.15, 0.2) is 53.3 Å². The van der Waals surface area contributed by atoms with Gasteiger partial charge in [0.05, 0.1) is 5.69 Å². The number of nitrogens with zero attached hydrogens (tertiary/aromatic N) is 3. The Morgan fingerprint density at radius 3 is 2.62 bits per heavy atom. The number of halogens is 1. The summed E-state index contributed by atoms with van der Waals surface area (Å²) in [5.74, 6) is -0.194. The van der Waals surface area contributed by atoms with Crippen LogP contribution in [0, 0.1) is 6.92 Å². The van der Waals surface area contributed by atoms with Gasteiger partial charge in [0.25, 0.3) is 0 Å². The zero-order valence-corrected chi connectivity index (χ0v) is 15.5. The van der Waals surface area contributed by atoms with Gasteiger partial charge in [0.2, 0.25) is 5.95 Å². The fourth-order valence-electron chi connectivity index (χ4n) is 2.29. The molecule has 2 heterocycles. The van der Waals surface area contributed by atoms with Crippen LogP contribution in [0.3, 0.4) is 0 Å². The summed E-state index contributed by atoms with van der Waals surface area (Å²) in [6.45, 7) is 1.73. The van der Waals surface area contributed by atoms with Crippen molar-refractivity contribution in [1.29, 1.82) is 0 Å². The van der Waals surface area contributed by atoms with Crippen molar-refractivity contribution in [2.24, 2.45) is 0 Å². The molecule has 0 fully saturated rings. The number of aliphatic carboxylic acids is 1. The molecule has 3 N–H and O–H groups in total. The highest BCUT2D eigenvalue weighted by Gasteiger charge is 2.09. The van der Waals surface area contributed by atoms with Crippen molar-refractivity contribution >= 4 is 39.4 Å². The lowest BCUT2D eigenvalue weighted by Gasteiger charge is -2.11. The Bertz CT molecular complexity index is 934. The lowest BCUT2D eigenvalue weighted by Crippen LogP contribution is -2.15. The number of carbonyl (C=O) groups is 1. The quantitative estimate of drug-likeness (QED) is 0.563. The number of benzene rings is 1. The van der Waals surface area contributed by atoms with E-state index in [1.165, 1.54) is 0 Å². The SMILES string of the molecule is Cc1cc(Nc2cc(-c3ccncc3)nc(NCC(=O)O)n2)ccc1Br. The summed E-state index contributed by atoms with van der Waals surface area (Å²) in [4.78, 5) is 23.6. The minimum absolute atomic E-state index is 0.234. The minimum atomic E-state index is -0.985. The summed E-state index contributed by atoms with van der Waals surface area (Å²) in [5, 5.41) is 14.8. The molecule has 0 aliphatic heterocycles. The van der Waals surface area contributed by atoms with E-state index < -0.39 is 5.97 Å². The number of pyridine rings is 1. The largest absolute Gasteiger partial charge is 0.480 e. The monoisotopic (exact) mass is 413 g/mol. The smallest absolute Gasteiger partial charge is 0.322 e. The maximum absolute atomic E-state index is 10.8. The first-order valence-electron chi connectivity index (χ1n) is 7.79. The molecule has 0 unspecified atom stereocenters. The van der Waals surface area contributed by atoms with Crippen LogP contribution in [0.4, 0.5) is 17.5 Å². The molecule has 132 valence electrons. The second-order valence-electron chi connectivity index (χ2n) is 5.53. The first-order chi connectivity index (χ1) is 12.5. The number of hydrogen-bond acceptors (Lipinski definition) is 6. The number of aryl methyl sites for hydroxylation is 1. The van der Waals surface area contributed by atoms with Gasteiger partial charge in [-0.1, -0.05) is 15.9 Å². The molecule has 3 aromatic rings. The lowest BCUT2D eigenvalue weighted by atomic mass is 10.2. The molecule has 0 aliphatic carbocycles. The predicted molar refractivity (Wildman–Crippen MR) is 104 cm³/mol. The molecule has 8 heteroatoms. The Kier molecular flexibility index (Phi) is 5.43. The Balaban J connectivity index is 1.95. The highest BCUT2D eigenvalue weighted by Crippen LogP contribution is 2.25. The summed E-state index contributed by atoms with van der Waals surface area (Å²) >= 11 is 3.48. The van der Waals surface area contributed by atoms with Crippen LogP contribution in [0.2, 0.25) is 0 Å². The topological polar surface area (TPSA) is 100 Å². The van der Waals surface area contributed by atoms with Crippen LogP contribution >= 0.6 is 15.9 Å². The fourth-order valence-corrected chi connectivity index (χ4v) is 2.53. The Labute approximate surface area is 158 Å². The van der Waals surface area contributed by atoms with E-state index in [9.17, 15) is 4.79 Å². The molecule has 0 amide bonds. The van der Waals surface area contributed by atoms with E-state index >= 15 is 0 Å². The first kappa shape index (κ1) is 17.8. The van der Waals surface area contributed by atoms with Gasteiger partial charge in [0.1, 0.15) is 12.4 Å². The van der Waals surface area contributed by atoms with Crippen molar-refractivity contribution in [3.8, 4) is 11.3 Å². The molecule has 0 spiro atoms. The van der Waals surface area contributed by atoms with Crippen molar-refractivity contribution in [2.45, 2.75) is 6.92 Å². The van der Waals surface area contributed by atoms with E-state index in [1.54, 1.807) is 18.5 Å². The van der Waals surface area contributed by atoms with Crippen LogP contribution < -0.4 is 10.6 Å². The Hall–Kier alpha value is -3.00. The summed E-state index contributed by atoms with van der Waals surface area (Å²) in [6.07, 6.45) is 3.35. The van der Waals surface area contributed by atoms with Gasteiger partial charge in [-0.3, -0.25) is 9.78 Å². The third kappa shape index (κ3) is 4.54. The zero-order valence-electron chi connectivity index (χ0n) is 13.9. The van der Waals surface area contributed by atoms with Gasteiger partial charge in [-0.05, 0) is 42.8 Å². The second-order valence-corrected chi connectivity index (χ2v) is 6.39. The van der Waals surface area contributed by atoms with E-state index in [4.69, 9.17) is 5.11 Å². The Morgan fingerprint density at radius 1 is 1.15 bits per heavy atom. The van der Waals surface area contributed by atoms with Crippen molar-refractivity contribution in [3.63, 3.8) is 0 Å². The van der Waals surface area contributed by atoms with Crippen LogP contribution in [0.1, 0.15) is 5.56 Å². The predicted octanol–water partition coefficient (Wildman–Crippen LogP) is 3.85. The van der Waals surface area contributed by atoms with E-state index in [0.29, 0.717) is 11.5 Å². The highest BCUT2D eigenvalue weighted by molar-refractivity contribution is 9.10. The molecule has 26 heavy (non-hydrogen) atoms. The van der Waals surface area contributed by atoms with Gasteiger partial charge in [-0.25, -0.2) is 4.98 Å². The number of carboxylic acids is 1. The van der Waals surface area contributed by atoms with Crippen molar-refractivity contribution in [1.82, 2.24) is 15.0 Å². The lowest BCUT2D eigenvalue weighted by molar-refractivity contribution is -0.134. The summed E-state index contributed by atoms with van der Waals surface area (Å²) in [7, 11) is 0. The third-order valence-corrected chi connectivity index (χ3v) is 4.42. The van der Waals surface area contributed by atoms with Crippen LogP contribution in [-0.4, -0.2) is 32.6 Å². The summed E-state index contributed by atoms with van der Waals surface area (Å²) < 4.78 is 1.02. The van der Waals surface area contributed by atoms with Crippen molar-refractivity contribution < 1.29 is 9.90 Å². The van der Waals surface area contributed by atoms with Crippen LogP contribution in [0.25, 0.3) is 11.3 Å². The molecule has 0 bridgehead atoms. The molecule has 3 rings (SSSR count). The minimum Gasteiger partial charge on any atom is -0.480 e. The number of aromatic nitrogens is 3. The van der Waals surface area contributed by atoms with E-state index in [0.717, 1.165) is 21.3 Å². The van der Waals surface area contributed by atoms with Gasteiger partial charge >= 0.3 is 5.97 Å².